The summed E-state index contributed by atoms with van der Waals surface area (Å²) in [6.45, 7) is 7.92. The molecule has 25 heavy (non-hydrogen) atoms. The number of rotatable bonds is 5. The van der Waals surface area contributed by atoms with E-state index in [2.05, 4.69) is 85.1 Å². The first-order valence-electron chi connectivity index (χ1n) is 9.24. The summed E-state index contributed by atoms with van der Waals surface area (Å²) >= 11 is 0. The Bertz CT molecular complexity index is 723. The molecular formula is C23H27NO. The van der Waals surface area contributed by atoms with Gasteiger partial charge in [0.1, 0.15) is 0 Å². The Morgan fingerprint density at radius 1 is 0.960 bits per heavy atom. The summed E-state index contributed by atoms with van der Waals surface area (Å²) in [5, 5.41) is 0. The summed E-state index contributed by atoms with van der Waals surface area (Å²) in [5.41, 5.74) is 8.77. The quantitative estimate of drug-likeness (QED) is 0.707. The van der Waals surface area contributed by atoms with E-state index in [1.807, 2.05) is 0 Å². The van der Waals surface area contributed by atoms with Gasteiger partial charge in [0.2, 0.25) is 0 Å². The third kappa shape index (κ3) is 4.42. The number of hydrogen-bond donors (Lipinski definition) is 0. The van der Waals surface area contributed by atoms with Crippen molar-refractivity contribution in [2.75, 3.05) is 26.3 Å². The maximum atomic E-state index is 5.55. The highest BCUT2D eigenvalue weighted by molar-refractivity contribution is 5.75. The van der Waals surface area contributed by atoms with Gasteiger partial charge in [0.05, 0.1) is 18.9 Å². The summed E-state index contributed by atoms with van der Waals surface area (Å²) in [6, 6.07) is 21.3. The van der Waals surface area contributed by atoms with Crippen LogP contribution >= 0.6 is 0 Å². The van der Waals surface area contributed by atoms with Gasteiger partial charge >= 0.3 is 0 Å². The van der Waals surface area contributed by atoms with Crippen molar-refractivity contribution in [3.05, 3.63) is 77.5 Å². The maximum absolute atomic E-state index is 5.55. The van der Waals surface area contributed by atoms with E-state index in [4.69, 9.17) is 4.74 Å². The molecule has 1 atom stereocenters. The lowest BCUT2D eigenvalue weighted by molar-refractivity contribution is 0.0640. The SMILES string of the molecule is CCC(C)C(=C=C(c1ccccc1)N1CCOCC1)c1ccccc1. The fourth-order valence-electron chi connectivity index (χ4n) is 3.15. The van der Waals surface area contributed by atoms with Crippen LogP contribution in [0, 0.1) is 5.92 Å². The van der Waals surface area contributed by atoms with Gasteiger partial charge in [-0.2, -0.15) is 0 Å². The summed E-state index contributed by atoms with van der Waals surface area (Å²) in [5.74, 6) is 0.460. The molecule has 0 spiro atoms. The van der Waals surface area contributed by atoms with E-state index in [-0.39, 0.29) is 0 Å². The average Bonchev–Trinajstić information content (AvgIpc) is 2.70. The van der Waals surface area contributed by atoms with Crippen molar-refractivity contribution in [1.29, 1.82) is 0 Å². The van der Waals surface area contributed by atoms with Crippen LogP contribution in [0.15, 0.2) is 66.4 Å². The van der Waals surface area contributed by atoms with Crippen LogP contribution in [0.1, 0.15) is 31.4 Å². The summed E-state index contributed by atoms with van der Waals surface area (Å²) in [4.78, 5) is 2.41. The predicted molar refractivity (Wildman–Crippen MR) is 105 cm³/mol. The minimum atomic E-state index is 0.460. The Balaban J connectivity index is 2.17. The second-order valence-electron chi connectivity index (χ2n) is 6.53. The third-order valence-electron chi connectivity index (χ3n) is 4.82. The smallest absolute Gasteiger partial charge is 0.0878 e. The van der Waals surface area contributed by atoms with Crippen molar-refractivity contribution < 1.29 is 4.74 Å². The zero-order valence-electron chi connectivity index (χ0n) is 15.2. The summed E-state index contributed by atoms with van der Waals surface area (Å²) < 4.78 is 5.55. The molecule has 0 N–H and O–H groups in total. The second-order valence-corrected chi connectivity index (χ2v) is 6.53. The lowest BCUT2D eigenvalue weighted by Gasteiger charge is -2.30. The van der Waals surface area contributed by atoms with E-state index in [1.165, 1.54) is 22.4 Å². The molecule has 3 rings (SSSR count). The van der Waals surface area contributed by atoms with Gasteiger partial charge in [-0.05, 0) is 17.9 Å². The zero-order chi connectivity index (χ0) is 17.5. The number of benzene rings is 2. The zero-order valence-corrected chi connectivity index (χ0v) is 15.2. The number of allylic oxidation sites excluding steroid dienone is 1. The van der Waals surface area contributed by atoms with Gasteiger partial charge in [0.15, 0.2) is 0 Å². The van der Waals surface area contributed by atoms with Gasteiger partial charge < -0.3 is 9.64 Å². The van der Waals surface area contributed by atoms with Crippen molar-refractivity contribution in [2.24, 2.45) is 5.92 Å². The molecule has 1 unspecified atom stereocenters. The molecule has 1 aliphatic rings. The van der Waals surface area contributed by atoms with Crippen molar-refractivity contribution in [3.8, 4) is 0 Å². The monoisotopic (exact) mass is 333 g/mol. The van der Waals surface area contributed by atoms with Gasteiger partial charge in [-0.15, -0.1) is 0 Å². The Morgan fingerprint density at radius 2 is 1.52 bits per heavy atom. The lowest BCUT2D eigenvalue weighted by Crippen LogP contribution is -2.34. The Hall–Kier alpha value is -2.28. The van der Waals surface area contributed by atoms with Gasteiger partial charge in [-0.3, -0.25) is 0 Å². The molecule has 0 amide bonds. The van der Waals surface area contributed by atoms with Crippen LogP contribution in [0.4, 0.5) is 0 Å². The van der Waals surface area contributed by atoms with Crippen LogP contribution in [0.2, 0.25) is 0 Å². The molecule has 2 heteroatoms. The Morgan fingerprint density at radius 3 is 2.08 bits per heavy atom. The highest BCUT2D eigenvalue weighted by atomic mass is 16.5. The van der Waals surface area contributed by atoms with Crippen LogP contribution < -0.4 is 0 Å². The van der Waals surface area contributed by atoms with Gasteiger partial charge in [0.25, 0.3) is 0 Å². The van der Waals surface area contributed by atoms with Crippen LogP contribution in [-0.2, 0) is 4.74 Å². The van der Waals surface area contributed by atoms with E-state index < -0.39 is 0 Å². The highest BCUT2D eigenvalue weighted by Gasteiger charge is 2.17. The normalized spacial score (nSPS) is 15.4. The van der Waals surface area contributed by atoms with E-state index in [9.17, 15) is 0 Å². The minimum Gasteiger partial charge on any atom is -0.378 e. The van der Waals surface area contributed by atoms with E-state index in [0.29, 0.717) is 5.92 Å². The topological polar surface area (TPSA) is 12.5 Å². The second kappa shape index (κ2) is 8.71. The van der Waals surface area contributed by atoms with Gasteiger partial charge in [-0.1, -0.05) is 80.2 Å². The fraction of sp³-hybridized carbons (Fsp3) is 0.348. The Labute approximate surface area is 151 Å². The average molecular weight is 333 g/mol. The summed E-state index contributed by atoms with van der Waals surface area (Å²) in [7, 11) is 0. The molecule has 1 fully saturated rings. The van der Waals surface area contributed by atoms with Gasteiger partial charge in [-0.25, -0.2) is 0 Å². The minimum absolute atomic E-state index is 0.460. The molecule has 130 valence electrons. The first-order valence-corrected chi connectivity index (χ1v) is 9.24. The van der Waals surface area contributed by atoms with E-state index in [1.54, 1.807) is 0 Å². The maximum Gasteiger partial charge on any atom is 0.0878 e. The van der Waals surface area contributed by atoms with Crippen LogP contribution in [0.5, 0.6) is 0 Å². The lowest BCUT2D eigenvalue weighted by atomic mass is 9.92. The van der Waals surface area contributed by atoms with Crippen molar-refractivity contribution in [3.63, 3.8) is 0 Å². The molecule has 1 heterocycles. The standard InChI is InChI=1S/C23H27NO/c1-3-19(2)22(20-10-6-4-7-11-20)18-23(21-12-8-5-9-13-21)24-14-16-25-17-15-24/h4-13,19H,3,14-17H2,1-2H3. The van der Waals surface area contributed by atoms with Crippen LogP contribution in [-0.4, -0.2) is 31.2 Å². The molecule has 0 aliphatic carbocycles. The molecule has 1 saturated heterocycles. The van der Waals surface area contributed by atoms with E-state index in [0.717, 1.165) is 32.7 Å². The molecule has 0 saturated carbocycles. The number of ether oxygens (including phenoxy) is 1. The van der Waals surface area contributed by atoms with Crippen LogP contribution in [0.25, 0.3) is 11.3 Å². The van der Waals surface area contributed by atoms with Gasteiger partial charge in [0, 0.05) is 24.2 Å². The molecular weight excluding hydrogens is 306 g/mol. The number of nitrogens with zero attached hydrogens (tertiary/aromatic N) is 1. The molecule has 2 aromatic rings. The first-order chi connectivity index (χ1) is 12.3. The van der Waals surface area contributed by atoms with Crippen LogP contribution in [0.3, 0.4) is 0 Å². The first kappa shape index (κ1) is 17.5. The Kier molecular flexibility index (Phi) is 6.11. The third-order valence-corrected chi connectivity index (χ3v) is 4.82. The number of morpholine rings is 1. The molecule has 2 nitrogen and oxygen atoms in total. The summed E-state index contributed by atoms with van der Waals surface area (Å²) in [6.07, 6.45) is 1.10. The molecule has 0 aromatic heterocycles. The molecule has 2 aromatic carbocycles. The van der Waals surface area contributed by atoms with E-state index >= 15 is 0 Å². The van der Waals surface area contributed by atoms with Crippen molar-refractivity contribution in [2.45, 2.75) is 20.3 Å². The highest BCUT2D eigenvalue weighted by Crippen LogP contribution is 2.28. The van der Waals surface area contributed by atoms with Crippen molar-refractivity contribution >= 4 is 11.3 Å². The largest absolute Gasteiger partial charge is 0.378 e. The molecule has 0 bridgehead atoms. The predicted octanol–water partition coefficient (Wildman–Crippen LogP) is 5.09. The van der Waals surface area contributed by atoms with Crippen molar-refractivity contribution in [1.82, 2.24) is 4.90 Å². The fourth-order valence-corrected chi connectivity index (χ4v) is 3.15. The molecule has 0 radical (unpaired) electrons. The number of hydrogen-bond acceptors (Lipinski definition) is 2. The molecule has 1 aliphatic heterocycles.